The molecule has 3 heterocycles. The smallest absolute Gasteiger partial charge is 0.252 e. The lowest BCUT2D eigenvalue weighted by atomic mass is 9.89. The fourth-order valence-electron chi connectivity index (χ4n) is 5.15. The van der Waals surface area contributed by atoms with Crippen LogP contribution < -0.4 is 10.9 Å². The number of aromatic nitrogens is 1. The molecule has 3 aromatic rings. The van der Waals surface area contributed by atoms with Crippen LogP contribution in [0.1, 0.15) is 52.2 Å². The van der Waals surface area contributed by atoms with Crippen molar-refractivity contribution in [2.24, 2.45) is 0 Å². The maximum atomic E-state index is 12.8. The van der Waals surface area contributed by atoms with E-state index >= 15 is 0 Å². The van der Waals surface area contributed by atoms with Crippen molar-refractivity contribution in [2.75, 3.05) is 31.9 Å². The van der Waals surface area contributed by atoms with Crippen molar-refractivity contribution >= 4 is 28.6 Å². The number of carbonyl (C=O) groups is 1. The van der Waals surface area contributed by atoms with Crippen LogP contribution in [0.15, 0.2) is 53.3 Å². The van der Waals surface area contributed by atoms with Gasteiger partial charge in [-0.1, -0.05) is 30.3 Å². The maximum Gasteiger partial charge on any atom is 0.252 e. The molecule has 0 spiro atoms. The number of hydrogen-bond acceptors (Lipinski definition) is 4. The summed E-state index contributed by atoms with van der Waals surface area (Å²) in [6, 6.07) is 16.5. The first kappa shape index (κ1) is 22.2. The van der Waals surface area contributed by atoms with Crippen LogP contribution in [-0.4, -0.2) is 47.7 Å². The van der Waals surface area contributed by atoms with E-state index in [1.54, 1.807) is 11.8 Å². The number of amides is 1. The predicted octanol–water partition coefficient (Wildman–Crippen LogP) is 4.32. The van der Waals surface area contributed by atoms with Gasteiger partial charge < -0.3 is 15.2 Å². The van der Waals surface area contributed by atoms with Crippen LogP contribution in [-0.2, 0) is 12.2 Å². The fraction of sp³-hybridized carbons (Fsp3) is 0.407. The van der Waals surface area contributed by atoms with Gasteiger partial charge in [0, 0.05) is 34.3 Å². The highest BCUT2D eigenvalue weighted by Gasteiger charge is 2.20. The Balaban J connectivity index is 1.13. The second-order valence-electron chi connectivity index (χ2n) is 9.11. The molecule has 0 unspecified atom stereocenters. The Morgan fingerprint density at radius 2 is 1.91 bits per heavy atom. The Morgan fingerprint density at radius 3 is 2.73 bits per heavy atom. The van der Waals surface area contributed by atoms with Crippen LogP contribution in [0.2, 0.25) is 0 Å². The molecule has 1 saturated heterocycles. The first-order valence-electron chi connectivity index (χ1n) is 12.0. The summed E-state index contributed by atoms with van der Waals surface area (Å²) in [6.45, 7) is 3.95. The van der Waals surface area contributed by atoms with Crippen LogP contribution >= 0.6 is 11.8 Å². The van der Waals surface area contributed by atoms with E-state index in [0.717, 1.165) is 66.0 Å². The number of fused-ring (bicyclic) bond motifs is 3. The molecule has 0 atom stereocenters. The molecule has 172 valence electrons. The maximum absolute atomic E-state index is 12.8. The molecule has 0 bridgehead atoms. The number of pyridine rings is 1. The Hall–Kier alpha value is -2.57. The van der Waals surface area contributed by atoms with E-state index in [4.69, 9.17) is 0 Å². The summed E-state index contributed by atoms with van der Waals surface area (Å²) in [6.07, 6.45) is 4.25. The van der Waals surface area contributed by atoms with E-state index in [1.165, 1.54) is 18.4 Å². The summed E-state index contributed by atoms with van der Waals surface area (Å²) in [4.78, 5) is 30.6. The van der Waals surface area contributed by atoms with Gasteiger partial charge >= 0.3 is 0 Å². The minimum absolute atomic E-state index is 0.00898. The summed E-state index contributed by atoms with van der Waals surface area (Å²) in [5, 5.41) is 4.10. The topological polar surface area (TPSA) is 65.2 Å². The van der Waals surface area contributed by atoms with Gasteiger partial charge in [0.15, 0.2) is 0 Å². The van der Waals surface area contributed by atoms with Crippen molar-refractivity contribution in [1.29, 1.82) is 0 Å². The van der Waals surface area contributed by atoms with Crippen molar-refractivity contribution in [3.05, 3.63) is 81.1 Å². The zero-order chi connectivity index (χ0) is 22.6. The third-order valence-corrected chi connectivity index (χ3v) is 8.02. The van der Waals surface area contributed by atoms with Crippen molar-refractivity contribution in [2.45, 2.75) is 37.4 Å². The lowest BCUT2D eigenvalue weighted by Gasteiger charge is -2.32. The molecule has 2 aliphatic rings. The van der Waals surface area contributed by atoms with Crippen molar-refractivity contribution in [3.63, 3.8) is 0 Å². The van der Waals surface area contributed by atoms with Gasteiger partial charge in [-0.2, -0.15) is 11.8 Å². The number of likely N-dealkylation sites (tertiary alicyclic amines) is 1. The molecule has 0 aliphatic carbocycles. The normalized spacial score (nSPS) is 17.1. The van der Waals surface area contributed by atoms with Crippen molar-refractivity contribution < 1.29 is 4.79 Å². The molecule has 5 nitrogen and oxygen atoms in total. The second-order valence-corrected chi connectivity index (χ2v) is 10.2. The number of piperidine rings is 1. The van der Waals surface area contributed by atoms with Gasteiger partial charge in [-0.15, -0.1) is 0 Å². The summed E-state index contributed by atoms with van der Waals surface area (Å²) >= 11 is 1.79. The SMILES string of the molecule is O=C(NCCCN1CCC(c2ccccc2)CC1)c1ccc2[nH]c(=O)c3c(c2c1)CCSC3. The zero-order valence-electron chi connectivity index (χ0n) is 18.9. The minimum Gasteiger partial charge on any atom is -0.352 e. The molecule has 6 heteroatoms. The Bertz CT molecular complexity index is 1180. The molecule has 2 N–H and O–H groups in total. The highest BCUT2D eigenvalue weighted by molar-refractivity contribution is 7.98. The van der Waals surface area contributed by atoms with Gasteiger partial charge in [0.1, 0.15) is 0 Å². The zero-order valence-corrected chi connectivity index (χ0v) is 19.8. The number of benzene rings is 2. The Labute approximate surface area is 199 Å². The number of H-pyrrole nitrogens is 1. The summed E-state index contributed by atoms with van der Waals surface area (Å²) in [5.74, 6) is 2.41. The van der Waals surface area contributed by atoms with Gasteiger partial charge in [0.05, 0.1) is 0 Å². The second kappa shape index (κ2) is 10.1. The number of hydrogen-bond donors (Lipinski definition) is 2. The summed E-state index contributed by atoms with van der Waals surface area (Å²) in [7, 11) is 0. The molecule has 33 heavy (non-hydrogen) atoms. The third-order valence-electron chi connectivity index (χ3n) is 7.03. The molecular weight excluding hydrogens is 430 g/mol. The molecule has 0 radical (unpaired) electrons. The van der Waals surface area contributed by atoms with E-state index in [-0.39, 0.29) is 11.5 Å². The molecule has 1 amide bonds. The van der Waals surface area contributed by atoms with Gasteiger partial charge in [0.2, 0.25) is 0 Å². The van der Waals surface area contributed by atoms with Crippen LogP contribution in [0.3, 0.4) is 0 Å². The largest absolute Gasteiger partial charge is 0.352 e. The van der Waals surface area contributed by atoms with Crippen molar-refractivity contribution in [3.8, 4) is 0 Å². The number of nitrogens with one attached hydrogen (secondary N) is 2. The van der Waals surface area contributed by atoms with E-state index in [2.05, 4.69) is 45.5 Å². The summed E-state index contributed by atoms with van der Waals surface area (Å²) < 4.78 is 0. The average Bonchev–Trinajstić information content (AvgIpc) is 2.87. The third kappa shape index (κ3) is 5.02. The van der Waals surface area contributed by atoms with Gasteiger partial charge in [-0.3, -0.25) is 9.59 Å². The lowest BCUT2D eigenvalue weighted by Crippen LogP contribution is -2.35. The van der Waals surface area contributed by atoms with Crippen molar-refractivity contribution in [1.82, 2.24) is 15.2 Å². The highest BCUT2D eigenvalue weighted by atomic mass is 32.2. The first-order chi connectivity index (χ1) is 16.2. The van der Waals surface area contributed by atoms with E-state index < -0.39 is 0 Å². The monoisotopic (exact) mass is 461 g/mol. The van der Waals surface area contributed by atoms with E-state index in [0.29, 0.717) is 18.0 Å². The number of carbonyl (C=O) groups excluding carboxylic acids is 1. The van der Waals surface area contributed by atoms with Crippen LogP contribution in [0.25, 0.3) is 10.9 Å². The average molecular weight is 462 g/mol. The molecule has 1 fully saturated rings. The van der Waals surface area contributed by atoms with Crippen LogP contribution in [0.4, 0.5) is 0 Å². The molecule has 2 aliphatic heterocycles. The molecule has 5 rings (SSSR count). The minimum atomic E-state index is -0.0372. The standard InChI is InChI=1S/C27H31N3O2S/c31-26(21-7-8-25-23(17-21)22-11-16-33-18-24(22)27(32)29-25)28-12-4-13-30-14-9-20(10-15-30)19-5-2-1-3-6-19/h1-3,5-8,17,20H,4,9-16,18H2,(H,28,31)(H,29,32). The Morgan fingerprint density at radius 1 is 1.09 bits per heavy atom. The summed E-state index contributed by atoms with van der Waals surface area (Å²) in [5.41, 5.74) is 4.94. The predicted molar refractivity (Wildman–Crippen MR) is 136 cm³/mol. The van der Waals surface area contributed by atoms with E-state index in [9.17, 15) is 9.59 Å². The van der Waals surface area contributed by atoms with Gasteiger partial charge in [0.25, 0.3) is 11.5 Å². The number of rotatable bonds is 6. The van der Waals surface area contributed by atoms with Crippen LogP contribution in [0, 0.1) is 0 Å². The number of thioether (sulfide) groups is 1. The number of aromatic amines is 1. The highest BCUT2D eigenvalue weighted by Crippen LogP contribution is 2.29. The quantitative estimate of drug-likeness (QED) is 0.537. The van der Waals surface area contributed by atoms with Gasteiger partial charge in [-0.05, 0) is 86.3 Å². The molecular formula is C27H31N3O2S. The molecule has 2 aromatic carbocycles. The number of nitrogens with zero attached hydrogens (tertiary/aromatic N) is 1. The van der Waals surface area contributed by atoms with E-state index in [1.807, 2.05) is 18.2 Å². The fourth-order valence-corrected chi connectivity index (χ4v) is 6.15. The van der Waals surface area contributed by atoms with Crippen LogP contribution in [0.5, 0.6) is 0 Å². The number of aryl methyl sites for hydroxylation is 1. The first-order valence-corrected chi connectivity index (χ1v) is 13.2. The molecule has 0 saturated carbocycles. The lowest BCUT2D eigenvalue weighted by molar-refractivity contribution is 0.0951. The molecule has 1 aromatic heterocycles. The Kier molecular flexibility index (Phi) is 6.83. The van der Waals surface area contributed by atoms with Gasteiger partial charge in [-0.25, -0.2) is 0 Å².